The molecule has 3 aromatic rings. The minimum absolute atomic E-state index is 0.212. The van der Waals surface area contributed by atoms with E-state index in [0.717, 1.165) is 37.5 Å². The molecule has 1 atom stereocenters. The molecule has 1 saturated heterocycles. The molecule has 3 heterocycles. The van der Waals surface area contributed by atoms with Crippen molar-refractivity contribution in [1.29, 1.82) is 0 Å². The molecule has 118 valence electrons. The first-order chi connectivity index (χ1) is 11.3. The fraction of sp³-hybridized carbons (Fsp3) is 0.294. The van der Waals surface area contributed by atoms with Gasteiger partial charge in [0.2, 0.25) is 0 Å². The number of aromatic hydroxyl groups is 1. The van der Waals surface area contributed by atoms with Crippen LogP contribution in [0.15, 0.2) is 42.9 Å². The zero-order valence-corrected chi connectivity index (χ0v) is 12.6. The van der Waals surface area contributed by atoms with E-state index < -0.39 is 0 Å². The first kappa shape index (κ1) is 14.0. The Hall–Kier alpha value is -2.60. The lowest BCUT2D eigenvalue weighted by Crippen LogP contribution is -2.19. The summed E-state index contributed by atoms with van der Waals surface area (Å²) < 4.78 is 7.63. The van der Waals surface area contributed by atoms with Gasteiger partial charge in [0.15, 0.2) is 5.65 Å². The fourth-order valence-electron chi connectivity index (χ4n) is 2.95. The lowest BCUT2D eigenvalue weighted by molar-refractivity contribution is 0.120. The number of anilines is 1. The molecule has 1 fully saturated rings. The van der Waals surface area contributed by atoms with E-state index in [2.05, 4.69) is 15.3 Å². The SMILES string of the molecule is Oc1ccccc1-c1nc2cnccn2c1NC[C@@H]1CCCO1. The van der Waals surface area contributed by atoms with Crippen LogP contribution in [0.25, 0.3) is 16.9 Å². The molecule has 0 unspecified atom stereocenters. The van der Waals surface area contributed by atoms with Crippen molar-refractivity contribution in [3.63, 3.8) is 0 Å². The number of nitrogens with one attached hydrogen (secondary N) is 1. The molecule has 0 radical (unpaired) electrons. The zero-order chi connectivity index (χ0) is 15.6. The van der Waals surface area contributed by atoms with E-state index in [-0.39, 0.29) is 11.9 Å². The predicted molar refractivity (Wildman–Crippen MR) is 87.6 cm³/mol. The van der Waals surface area contributed by atoms with Gasteiger partial charge in [-0.1, -0.05) is 12.1 Å². The molecule has 0 spiro atoms. The number of imidazole rings is 1. The quantitative estimate of drug-likeness (QED) is 0.775. The van der Waals surface area contributed by atoms with E-state index in [9.17, 15) is 5.11 Å². The largest absolute Gasteiger partial charge is 0.507 e. The molecule has 0 amide bonds. The van der Waals surface area contributed by atoms with Crippen molar-refractivity contribution in [3.05, 3.63) is 42.9 Å². The Labute approximate surface area is 133 Å². The Bertz CT molecular complexity index is 824. The van der Waals surface area contributed by atoms with E-state index in [1.54, 1.807) is 24.5 Å². The van der Waals surface area contributed by atoms with Gasteiger partial charge < -0.3 is 15.2 Å². The summed E-state index contributed by atoms with van der Waals surface area (Å²) in [5.74, 6) is 1.06. The van der Waals surface area contributed by atoms with Crippen LogP contribution in [0.5, 0.6) is 5.75 Å². The van der Waals surface area contributed by atoms with Crippen molar-refractivity contribution in [3.8, 4) is 17.0 Å². The number of hydrogen-bond donors (Lipinski definition) is 2. The Morgan fingerprint density at radius 3 is 3.09 bits per heavy atom. The van der Waals surface area contributed by atoms with Crippen molar-refractivity contribution in [1.82, 2.24) is 14.4 Å². The van der Waals surface area contributed by atoms with Gasteiger partial charge in [0.05, 0.1) is 12.3 Å². The highest BCUT2D eigenvalue weighted by Gasteiger charge is 2.20. The number of phenolic OH excluding ortho intramolecular Hbond substituents is 1. The van der Waals surface area contributed by atoms with Crippen molar-refractivity contribution in [2.24, 2.45) is 0 Å². The van der Waals surface area contributed by atoms with Crippen LogP contribution in [-0.2, 0) is 4.74 Å². The summed E-state index contributed by atoms with van der Waals surface area (Å²) >= 11 is 0. The molecule has 1 aromatic carbocycles. The molecule has 1 aliphatic rings. The second kappa shape index (κ2) is 5.89. The normalized spacial score (nSPS) is 17.7. The van der Waals surface area contributed by atoms with Crippen LogP contribution in [0, 0.1) is 0 Å². The lowest BCUT2D eigenvalue weighted by Gasteiger charge is -2.13. The summed E-state index contributed by atoms with van der Waals surface area (Å²) in [4.78, 5) is 8.75. The molecular formula is C17H18N4O2. The molecule has 2 N–H and O–H groups in total. The smallest absolute Gasteiger partial charge is 0.157 e. The third-order valence-corrected chi connectivity index (χ3v) is 4.11. The highest BCUT2D eigenvalue weighted by atomic mass is 16.5. The third kappa shape index (κ3) is 2.61. The number of aromatic nitrogens is 3. The Balaban J connectivity index is 1.76. The summed E-state index contributed by atoms with van der Waals surface area (Å²) in [6.07, 6.45) is 7.69. The molecule has 23 heavy (non-hydrogen) atoms. The average Bonchev–Trinajstić information content (AvgIpc) is 3.21. The van der Waals surface area contributed by atoms with E-state index >= 15 is 0 Å². The second-order valence-corrected chi connectivity index (χ2v) is 5.65. The van der Waals surface area contributed by atoms with Gasteiger partial charge in [-0.2, -0.15) is 0 Å². The van der Waals surface area contributed by atoms with Crippen LogP contribution >= 0.6 is 0 Å². The summed E-state index contributed by atoms with van der Waals surface area (Å²) in [7, 11) is 0. The minimum Gasteiger partial charge on any atom is -0.507 e. The number of ether oxygens (including phenoxy) is 1. The maximum Gasteiger partial charge on any atom is 0.157 e. The van der Waals surface area contributed by atoms with E-state index in [1.165, 1.54) is 0 Å². The van der Waals surface area contributed by atoms with Gasteiger partial charge in [-0.25, -0.2) is 4.98 Å². The number of phenols is 1. The van der Waals surface area contributed by atoms with Crippen molar-refractivity contribution < 1.29 is 9.84 Å². The molecule has 2 aromatic heterocycles. The van der Waals surface area contributed by atoms with Crippen LogP contribution < -0.4 is 5.32 Å². The van der Waals surface area contributed by atoms with Crippen molar-refractivity contribution >= 4 is 11.5 Å². The highest BCUT2D eigenvalue weighted by Crippen LogP contribution is 2.34. The van der Waals surface area contributed by atoms with Gasteiger partial charge in [-0.05, 0) is 25.0 Å². The summed E-state index contributed by atoms with van der Waals surface area (Å²) in [5, 5.41) is 13.6. The van der Waals surface area contributed by atoms with Crippen molar-refractivity contribution in [2.75, 3.05) is 18.5 Å². The van der Waals surface area contributed by atoms with Crippen LogP contribution in [0.4, 0.5) is 5.82 Å². The molecule has 0 saturated carbocycles. The minimum atomic E-state index is 0.212. The Morgan fingerprint density at radius 2 is 2.26 bits per heavy atom. The summed E-state index contributed by atoms with van der Waals surface area (Å²) in [6.45, 7) is 1.55. The average molecular weight is 310 g/mol. The van der Waals surface area contributed by atoms with Gasteiger partial charge >= 0.3 is 0 Å². The van der Waals surface area contributed by atoms with Gasteiger partial charge in [0, 0.05) is 31.1 Å². The predicted octanol–water partition coefficient (Wildman–Crippen LogP) is 2.69. The first-order valence-electron chi connectivity index (χ1n) is 7.79. The van der Waals surface area contributed by atoms with Crippen molar-refractivity contribution in [2.45, 2.75) is 18.9 Å². The van der Waals surface area contributed by atoms with Gasteiger partial charge in [0.25, 0.3) is 0 Å². The van der Waals surface area contributed by atoms with Gasteiger partial charge in [-0.3, -0.25) is 9.38 Å². The number of rotatable bonds is 4. The Kier molecular flexibility index (Phi) is 3.59. The number of nitrogens with zero attached hydrogens (tertiary/aromatic N) is 3. The first-order valence-corrected chi connectivity index (χ1v) is 7.79. The van der Waals surface area contributed by atoms with Gasteiger partial charge in [0.1, 0.15) is 17.3 Å². The highest BCUT2D eigenvalue weighted by molar-refractivity contribution is 5.79. The summed E-state index contributed by atoms with van der Waals surface area (Å²) in [5.41, 5.74) is 2.15. The number of para-hydroxylation sites is 1. The number of hydrogen-bond acceptors (Lipinski definition) is 5. The molecule has 0 bridgehead atoms. The third-order valence-electron chi connectivity index (χ3n) is 4.11. The molecule has 6 nitrogen and oxygen atoms in total. The monoisotopic (exact) mass is 310 g/mol. The van der Waals surface area contributed by atoms with E-state index in [1.807, 2.05) is 22.7 Å². The van der Waals surface area contributed by atoms with E-state index in [0.29, 0.717) is 11.3 Å². The molecule has 4 rings (SSSR count). The molecular weight excluding hydrogens is 292 g/mol. The van der Waals surface area contributed by atoms with Gasteiger partial charge in [-0.15, -0.1) is 0 Å². The Morgan fingerprint density at radius 1 is 1.35 bits per heavy atom. The van der Waals surface area contributed by atoms with Crippen LogP contribution in [0.2, 0.25) is 0 Å². The maximum atomic E-state index is 10.2. The maximum absolute atomic E-state index is 10.2. The van der Waals surface area contributed by atoms with Crippen LogP contribution in [0.3, 0.4) is 0 Å². The standard InChI is InChI=1S/C17H18N4O2/c22-14-6-2-1-5-13(14)16-17(19-10-12-4-3-9-23-12)21-8-7-18-11-15(21)20-16/h1-2,5-8,11-12,19,22H,3-4,9-10H2/t12-/m0/s1. The number of fused-ring (bicyclic) bond motifs is 1. The zero-order valence-electron chi connectivity index (χ0n) is 12.6. The molecule has 1 aliphatic heterocycles. The molecule has 6 heteroatoms. The topological polar surface area (TPSA) is 71.7 Å². The van der Waals surface area contributed by atoms with E-state index in [4.69, 9.17) is 4.74 Å². The summed E-state index contributed by atoms with van der Waals surface area (Å²) in [6, 6.07) is 7.22. The number of benzene rings is 1. The molecule has 0 aliphatic carbocycles. The fourth-order valence-corrected chi connectivity index (χ4v) is 2.95. The van der Waals surface area contributed by atoms with Crippen LogP contribution in [0.1, 0.15) is 12.8 Å². The van der Waals surface area contributed by atoms with Crippen LogP contribution in [-0.4, -0.2) is 38.7 Å². The lowest BCUT2D eigenvalue weighted by atomic mass is 10.1. The second-order valence-electron chi connectivity index (χ2n) is 5.65.